The quantitative estimate of drug-likeness (QED) is 0.139. The molecule has 0 unspecified atom stereocenters. The van der Waals surface area contributed by atoms with Crippen molar-refractivity contribution in [1.82, 2.24) is 15.0 Å². The van der Waals surface area contributed by atoms with Gasteiger partial charge in [-0.2, -0.15) is 0 Å². The fourth-order valence-electron chi connectivity index (χ4n) is 7.07. The van der Waals surface area contributed by atoms with Gasteiger partial charge in [0, 0.05) is 38.8 Å². The number of furan rings is 1. The van der Waals surface area contributed by atoms with Gasteiger partial charge >= 0.3 is 0 Å². The number of aryl methyl sites for hydroxylation is 1. The summed E-state index contributed by atoms with van der Waals surface area (Å²) in [7, 11) is 0. The Morgan fingerprint density at radius 3 is 1.66 bits per heavy atom. The number of hydrogen-bond donors (Lipinski definition) is 0. The molecule has 0 radical (unpaired) electrons. The molecule has 266 valence electrons. The van der Waals surface area contributed by atoms with Gasteiger partial charge in [-0.3, -0.25) is 0 Å². The summed E-state index contributed by atoms with van der Waals surface area (Å²) >= 11 is 0. The van der Waals surface area contributed by atoms with Gasteiger partial charge in [-0.25, -0.2) is 19.9 Å². The Kier molecular flexibility index (Phi) is 9.24. The molecule has 0 spiro atoms. The highest BCUT2D eigenvalue weighted by atomic mass is 16.3. The molecule has 0 aliphatic heterocycles. The van der Waals surface area contributed by atoms with Gasteiger partial charge in [-0.1, -0.05) is 176 Å². The van der Waals surface area contributed by atoms with Crippen LogP contribution in [0.4, 0.5) is 0 Å². The van der Waals surface area contributed by atoms with Crippen molar-refractivity contribution >= 4 is 22.4 Å². The van der Waals surface area contributed by atoms with E-state index in [2.05, 4.69) is 92.4 Å². The van der Waals surface area contributed by atoms with Crippen molar-refractivity contribution in [2.45, 2.75) is 6.92 Å². The van der Waals surface area contributed by atoms with Gasteiger partial charge in [0.15, 0.2) is 23.2 Å². The van der Waals surface area contributed by atoms with E-state index in [1.807, 2.05) is 109 Å². The van der Waals surface area contributed by atoms with E-state index < -0.39 is 0 Å². The standard InChI is InChI=1S/C51H36N4O/c1-34-43-28-14-15-31-46(43)56-48(34)47(37-20-8-4-9-21-37)52-35(2)44-29-12-13-30-45(44)40-25-17-27-42(33-40)51-54-49(38-22-10-5-11-23-38)53-50(55-51)41-26-16-24-39(32-41)36-18-6-3-7-19-36/h3-33H,2H2,1H3. The van der Waals surface area contributed by atoms with Crippen LogP contribution in [0.15, 0.2) is 204 Å². The van der Waals surface area contributed by atoms with E-state index in [4.69, 9.17) is 24.4 Å². The predicted octanol–water partition coefficient (Wildman–Crippen LogP) is 12.8. The van der Waals surface area contributed by atoms with Crippen LogP contribution in [0.5, 0.6) is 0 Å². The Balaban J connectivity index is 1.13. The van der Waals surface area contributed by atoms with Crippen LogP contribution in [0.3, 0.4) is 0 Å². The second-order valence-electron chi connectivity index (χ2n) is 13.6. The first kappa shape index (κ1) is 34.3. The van der Waals surface area contributed by atoms with Crippen LogP contribution in [0.25, 0.3) is 73.1 Å². The average Bonchev–Trinajstić information content (AvgIpc) is 3.61. The number of rotatable bonds is 9. The Morgan fingerprint density at radius 2 is 0.982 bits per heavy atom. The summed E-state index contributed by atoms with van der Waals surface area (Å²) in [4.78, 5) is 20.3. The molecule has 2 aromatic heterocycles. The molecule has 0 saturated heterocycles. The maximum absolute atomic E-state index is 6.45. The highest BCUT2D eigenvalue weighted by Gasteiger charge is 2.20. The molecule has 0 saturated carbocycles. The fourth-order valence-corrected chi connectivity index (χ4v) is 7.07. The molecule has 0 atom stereocenters. The Hall–Kier alpha value is -7.50. The number of fused-ring (bicyclic) bond motifs is 1. The molecule has 5 nitrogen and oxygen atoms in total. The number of nitrogens with zero attached hydrogens (tertiary/aromatic N) is 4. The minimum Gasteiger partial charge on any atom is -0.454 e. The van der Waals surface area contributed by atoms with Gasteiger partial charge in [-0.05, 0) is 47.4 Å². The third-order valence-corrected chi connectivity index (χ3v) is 9.92. The molecule has 0 N–H and O–H groups in total. The van der Waals surface area contributed by atoms with Crippen molar-refractivity contribution in [1.29, 1.82) is 0 Å². The van der Waals surface area contributed by atoms with E-state index in [1.165, 1.54) is 0 Å². The lowest BCUT2D eigenvalue weighted by Crippen LogP contribution is -2.04. The lowest BCUT2D eigenvalue weighted by atomic mass is 9.96. The predicted molar refractivity (Wildman–Crippen MR) is 229 cm³/mol. The van der Waals surface area contributed by atoms with Gasteiger partial charge in [0.25, 0.3) is 0 Å². The van der Waals surface area contributed by atoms with Crippen molar-refractivity contribution in [3.05, 3.63) is 217 Å². The molecule has 0 fully saturated rings. The smallest absolute Gasteiger partial charge is 0.164 e. The van der Waals surface area contributed by atoms with Crippen LogP contribution < -0.4 is 0 Å². The van der Waals surface area contributed by atoms with Gasteiger partial charge in [-0.15, -0.1) is 0 Å². The Bertz CT molecular complexity index is 2880. The zero-order chi connectivity index (χ0) is 37.8. The van der Waals surface area contributed by atoms with E-state index in [9.17, 15) is 0 Å². The van der Waals surface area contributed by atoms with Crippen molar-refractivity contribution in [2.75, 3.05) is 0 Å². The summed E-state index contributed by atoms with van der Waals surface area (Å²) in [5, 5.41) is 1.06. The van der Waals surface area contributed by atoms with Gasteiger partial charge in [0.1, 0.15) is 11.3 Å². The van der Waals surface area contributed by atoms with E-state index in [0.717, 1.165) is 78.1 Å². The van der Waals surface area contributed by atoms with Crippen LogP contribution in [-0.4, -0.2) is 20.7 Å². The minimum absolute atomic E-state index is 0.585. The zero-order valence-electron chi connectivity index (χ0n) is 30.8. The number of hydrogen-bond acceptors (Lipinski definition) is 5. The number of benzene rings is 7. The number of aromatic nitrogens is 3. The van der Waals surface area contributed by atoms with Crippen LogP contribution in [-0.2, 0) is 0 Å². The summed E-state index contributed by atoms with van der Waals surface area (Å²) in [6.07, 6.45) is 0. The highest BCUT2D eigenvalue weighted by Crippen LogP contribution is 2.35. The van der Waals surface area contributed by atoms with Crippen molar-refractivity contribution in [2.24, 2.45) is 4.99 Å². The van der Waals surface area contributed by atoms with Crippen molar-refractivity contribution < 1.29 is 4.42 Å². The molecule has 0 bridgehead atoms. The summed E-state index contributed by atoms with van der Waals surface area (Å²) < 4.78 is 6.45. The lowest BCUT2D eigenvalue weighted by Gasteiger charge is -2.13. The lowest BCUT2D eigenvalue weighted by molar-refractivity contribution is 0.602. The van der Waals surface area contributed by atoms with Crippen LogP contribution in [0, 0.1) is 6.92 Å². The normalized spacial score (nSPS) is 11.5. The van der Waals surface area contributed by atoms with E-state index in [0.29, 0.717) is 23.2 Å². The summed E-state index contributed by atoms with van der Waals surface area (Å²) in [5.41, 5.74) is 12.0. The topological polar surface area (TPSA) is 64.2 Å². The monoisotopic (exact) mass is 720 g/mol. The van der Waals surface area contributed by atoms with Crippen LogP contribution in [0.2, 0.25) is 0 Å². The SMILES string of the molecule is C=C(N=C(c1ccccc1)c1oc2ccccc2c1C)c1ccccc1-c1cccc(-c2nc(-c3ccccc3)nc(-c3cccc(-c4ccccc4)c3)n2)c1. The molecule has 9 rings (SSSR count). The van der Waals surface area contributed by atoms with E-state index >= 15 is 0 Å². The van der Waals surface area contributed by atoms with E-state index in [1.54, 1.807) is 0 Å². The molecule has 5 heteroatoms. The molecule has 0 aliphatic carbocycles. The molecule has 56 heavy (non-hydrogen) atoms. The molecular formula is C51H36N4O. The third-order valence-electron chi connectivity index (χ3n) is 9.92. The summed E-state index contributed by atoms with van der Waals surface area (Å²) in [5.74, 6) is 2.53. The maximum Gasteiger partial charge on any atom is 0.164 e. The van der Waals surface area contributed by atoms with Gasteiger partial charge in [0.05, 0.1) is 5.70 Å². The first-order valence-electron chi connectivity index (χ1n) is 18.6. The van der Waals surface area contributed by atoms with Crippen molar-refractivity contribution in [3.8, 4) is 56.4 Å². The Labute approximate surface area is 326 Å². The third kappa shape index (κ3) is 6.86. The second kappa shape index (κ2) is 15.1. The highest BCUT2D eigenvalue weighted by molar-refractivity contribution is 6.16. The molecule has 0 amide bonds. The van der Waals surface area contributed by atoms with Gasteiger partial charge < -0.3 is 4.42 Å². The molecule has 7 aromatic carbocycles. The summed E-state index contributed by atoms with van der Waals surface area (Å²) in [6.45, 7) is 6.60. The fraction of sp³-hybridized carbons (Fsp3) is 0.0196. The Morgan fingerprint density at radius 1 is 0.482 bits per heavy atom. The first-order valence-corrected chi connectivity index (χ1v) is 18.6. The number of para-hydroxylation sites is 1. The van der Waals surface area contributed by atoms with Gasteiger partial charge in [0.2, 0.25) is 0 Å². The van der Waals surface area contributed by atoms with Crippen LogP contribution >= 0.6 is 0 Å². The molecule has 0 aliphatic rings. The zero-order valence-corrected chi connectivity index (χ0v) is 30.8. The molecular weight excluding hydrogens is 685 g/mol. The molecule has 9 aromatic rings. The van der Waals surface area contributed by atoms with Crippen LogP contribution in [0.1, 0.15) is 22.5 Å². The van der Waals surface area contributed by atoms with Crippen molar-refractivity contribution in [3.63, 3.8) is 0 Å². The maximum atomic E-state index is 6.45. The number of aliphatic imine (C=N–C) groups is 1. The first-order chi connectivity index (χ1) is 27.6. The summed E-state index contributed by atoms with van der Waals surface area (Å²) in [6, 6.07) is 63.5. The average molecular weight is 721 g/mol. The second-order valence-corrected chi connectivity index (χ2v) is 13.6. The molecule has 2 heterocycles. The largest absolute Gasteiger partial charge is 0.454 e. The van der Waals surface area contributed by atoms with E-state index in [-0.39, 0.29) is 0 Å². The minimum atomic E-state index is 0.585.